The zero-order valence-corrected chi connectivity index (χ0v) is 11.6. The van der Waals surface area contributed by atoms with E-state index in [4.69, 9.17) is 39.8 Å². The molecule has 0 aliphatic carbocycles. The quantitative estimate of drug-likeness (QED) is 0.646. The summed E-state index contributed by atoms with van der Waals surface area (Å²) < 4.78 is 5.22. The third-order valence-electron chi connectivity index (χ3n) is 2.58. The topological polar surface area (TPSA) is 62.1 Å². The van der Waals surface area contributed by atoms with Crippen LogP contribution in [0.1, 0.15) is 0 Å². The Hall–Kier alpha value is -1.56. The van der Waals surface area contributed by atoms with Crippen LogP contribution in [0.3, 0.4) is 0 Å². The number of H-pyrrole nitrogens is 1. The van der Waals surface area contributed by atoms with Crippen LogP contribution in [0.5, 0.6) is 5.75 Å². The molecule has 3 aromatic rings. The molecule has 3 rings (SSSR count). The van der Waals surface area contributed by atoms with Crippen molar-refractivity contribution in [2.75, 3.05) is 0 Å². The van der Waals surface area contributed by atoms with Crippen LogP contribution >= 0.6 is 35.4 Å². The molecule has 0 aliphatic rings. The minimum absolute atomic E-state index is 0.00309. The van der Waals surface area contributed by atoms with Crippen LogP contribution in [-0.2, 0) is 0 Å². The minimum Gasteiger partial charge on any atom is -0.507 e. The van der Waals surface area contributed by atoms with Gasteiger partial charge in [-0.05, 0) is 30.4 Å². The van der Waals surface area contributed by atoms with E-state index in [0.717, 1.165) is 0 Å². The molecule has 0 unspecified atom stereocenters. The predicted molar refractivity (Wildman–Crippen MR) is 76.3 cm³/mol. The molecule has 0 atom stereocenters. The Balaban J connectivity index is 2.29. The summed E-state index contributed by atoms with van der Waals surface area (Å²) in [7, 11) is 0. The summed E-state index contributed by atoms with van der Waals surface area (Å²) in [5.74, 6) is 0.00309. The summed E-state index contributed by atoms with van der Waals surface area (Å²) in [4.78, 5) is 7.32. The summed E-state index contributed by atoms with van der Waals surface area (Å²) in [5, 5.41) is 10.7. The zero-order valence-electron chi connectivity index (χ0n) is 9.28. The Labute approximate surface area is 122 Å². The predicted octanol–water partition coefficient (Wildman–Crippen LogP) is 4.56. The lowest BCUT2D eigenvalue weighted by Gasteiger charge is -2.06. The van der Waals surface area contributed by atoms with Crippen molar-refractivity contribution in [3.8, 4) is 17.0 Å². The van der Waals surface area contributed by atoms with E-state index in [-0.39, 0.29) is 10.6 Å². The fourth-order valence-corrected chi connectivity index (χ4v) is 2.35. The molecule has 1 aromatic carbocycles. The van der Waals surface area contributed by atoms with Crippen molar-refractivity contribution in [1.82, 2.24) is 9.97 Å². The molecule has 96 valence electrons. The van der Waals surface area contributed by atoms with E-state index < -0.39 is 0 Å². The summed E-state index contributed by atoms with van der Waals surface area (Å²) in [6, 6.07) is 6.32. The fraction of sp³-hybridized carbons (Fsp3) is 0. The number of halogens is 2. The average Bonchev–Trinajstić information content (AvgIpc) is 2.68. The van der Waals surface area contributed by atoms with E-state index >= 15 is 0 Å². The maximum Gasteiger partial charge on any atom is 0.268 e. The summed E-state index contributed by atoms with van der Waals surface area (Å²) >= 11 is 16.8. The monoisotopic (exact) mass is 312 g/mol. The smallest absolute Gasteiger partial charge is 0.268 e. The van der Waals surface area contributed by atoms with Gasteiger partial charge in [-0.15, -0.1) is 0 Å². The van der Waals surface area contributed by atoms with Gasteiger partial charge in [0.05, 0.1) is 10.7 Å². The van der Waals surface area contributed by atoms with Gasteiger partial charge in [-0.25, -0.2) is 4.98 Å². The second-order valence-electron chi connectivity index (χ2n) is 3.84. The number of phenols is 1. The molecule has 0 saturated heterocycles. The molecule has 4 nitrogen and oxygen atoms in total. The van der Waals surface area contributed by atoms with Gasteiger partial charge in [0.15, 0.2) is 11.2 Å². The molecule has 0 spiro atoms. The Morgan fingerprint density at radius 1 is 1.26 bits per heavy atom. The Morgan fingerprint density at radius 2 is 2.05 bits per heavy atom. The Kier molecular flexibility index (Phi) is 2.97. The molecule has 19 heavy (non-hydrogen) atoms. The molecule has 0 saturated carbocycles. The number of nitrogens with one attached hydrogen (secondary N) is 1. The first-order chi connectivity index (χ1) is 9.04. The number of fused-ring (bicyclic) bond motifs is 1. The number of phenolic OH excluding ortho intramolecular Hbond substituents is 1. The summed E-state index contributed by atoms with van der Waals surface area (Å²) in [6.45, 7) is 0. The van der Waals surface area contributed by atoms with Crippen molar-refractivity contribution < 1.29 is 9.52 Å². The number of hydrogen-bond donors (Lipinski definition) is 2. The third-order valence-corrected chi connectivity index (χ3v) is 3.29. The molecular weight excluding hydrogens is 307 g/mol. The highest BCUT2D eigenvalue weighted by Gasteiger charge is 2.13. The van der Waals surface area contributed by atoms with Crippen LogP contribution < -0.4 is 0 Å². The summed E-state index contributed by atoms with van der Waals surface area (Å²) in [6.07, 6.45) is 0. The molecule has 2 aromatic heterocycles. The maximum atomic E-state index is 9.91. The van der Waals surface area contributed by atoms with Gasteiger partial charge in [0.2, 0.25) is 0 Å². The van der Waals surface area contributed by atoms with Crippen LogP contribution in [0, 0.1) is 4.84 Å². The second kappa shape index (κ2) is 4.52. The molecular formula is C12H6Cl2N2O2S. The van der Waals surface area contributed by atoms with Gasteiger partial charge in [0.25, 0.3) is 4.84 Å². The standard InChI is InChI=1S/C12H6Cl2N2O2S/c13-5-1-2-6(8(17)3-5)10-7(14)4-9-11(15-10)16-12(19)18-9/h1-4,17H,(H,15,16,19). The lowest BCUT2D eigenvalue weighted by Crippen LogP contribution is -1.87. The average molecular weight is 313 g/mol. The lowest BCUT2D eigenvalue weighted by atomic mass is 10.1. The van der Waals surface area contributed by atoms with Crippen LogP contribution in [0.15, 0.2) is 28.7 Å². The number of rotatable bonds is 1. The highest BCUT2D eigenvalue weighted by molar-refractivity contribution is 7.71. The van der Waals surface area contributed by atoms with Crippen molar-refractivity contribution in [2.24, 2.45) is 0 Å². The van der Waals surface area contributed by atoms with Gasteiger partial charge in [0, 0.05) is 16.7 Å². The number of oxazole rings is 1. The minimum atomic E-state index is 0.00309. The van der Waals surface area contributed by atoms with Crippen molar-refractivity contribution in [3.63, 3.8) is 0 Å². The maximum absolute atomic E-state index is 9.91. The highest BCUT2D eigenvalue weighted by Crippen LogP contribution is 2.35. The second-order valence-corrected chi connectivity index (χ2v) is 5.06. The molecule has 2 N–H and O–H groups in total. The van der Waals surface area contributed by atoms with E-state index in [1.54, 1.807) is 18.2 Å². The van der Waals surface area contributed by atoms with Gasteiger partial charge >= 0.3 is 0 Å². The first kappa shape index (κ1) is 12.5. The number of aromatic nitrogens is 2. The molecule has 0 radical (unpaired) electrons. The number of pyridine rings is 1. The van der Waals surface area contributed by atoms with Crippen molar-refractivity contribution >= 4 is 46.6 Å². The Bertz CT molecular complexity index is 841. The number of nitrogens with zero attached hydrogens (tertiary/aromatic N) is 1. The zero-order chi connectivity index (χ0) is 13.6. The molecule has 2 heterocycles. The van der Waals surface area contributed by atoms with Crippen LogP contribution in [-0.4, -0.2) is 15.1 Å². The van der Waals surface area contributed by atoms with Crippen molar-refractivity contribution in [1.29, 1.82) is 0 Å². The number of aromatic amines is 1. The van der Waals surface area contributed by atoms with E-state index in [1.807, 2.05) is 0 Å². The third kappa shape index (κ3) is 2.20. The summed E-state index contributed by atoms with van der Waals surface area (Å²) in [5.41, 5.74) is 1.85. The number of hydrogen-bond acceptors (Lipinski definition) is 4. The van der Waals surface area contributed by atoms with E-state index in [9.17, 15) is 5.11 Å². The SMILES string of the molecule is Oc1cc(Cl)ccc1-c1nc2[nH]c(=S)oc2cc1Cl. The van der Waals surface area contributed by atoms with Crippen LogP contribution in [0.25, 0.3) is 22.5 Å². The fourth-order valence-electron chi connectivity index (χ4n) is 1.76. The van der Waals surface area contributed by atoms with Crippen molar-refractivity contribution in [3.05, 3.63) is 39.1 Å². The first-order valence-electron chi connectivity index (χ1n) is 5.23. The van der Waals surface area contributed by atoms with E-state index in [0.29, 0.717) is 32.5 Å². The highest BCUT2D eigenvalue weighted by atomic mass is 35.5. The number of aromatic hydroxyl groups is 1. The normalized spacial score (nSPS) is 11.1. The van der Waals surface area contributed by atoms with Crippen LogP contribution in [0.4, 0.5) is 0 Å². The molecule has 0 bridgehead atoms. The molecule has 0 aliphatic heterocycles. The molecule has 0 fully saturated rings. The first-order valence-corrected chi connectivity index (χ1v) is 6.39. The van der Waals surface area contributed by atoms with E-state index in [1.165, 1.54) is 6.07 Å². The van der Waals surface area contributed by atoms with Crippen molar-refractivity contribution in [2.45, 2.75) is 0 Å². The van der Waals surface area contributed by atoms with Crippen LogP contribution in [0.2, 0.25) is 10.0 Å². The van der Waals surface area contributed by atoms with Gasteiger partial charge in [0.1, 0.15) is 5.75 Å². The van der Waals surface area contributed by atoms with Gasteiger partial charge in [-0.2, -0.15) is 0 Å². The number of benzene rings is 1. The largest absolute Gasteiger partial charge is 0.507 e. The van der Waals surface area contributed by atoms with Gasteiger partial charge in [-0.3, -0.25) is 4.98 Å². The Morgan fingerprint density at radius 3 is 2.79 bits per heavy atom. The van der Waals surface area contributed by atoms with E-state index in [2.05, 4.69) is 9.97 Å². The lowest BCUT2D eigenvalue weighted by molar-refractivity contribution is 0.477. The van der Waals surface area contributed by atoms with Gasteiger partial charge in [-0.1, -0.05) is 23.2 Å². The van der Waals surface area contributed by atoms with Gasteiger partial charge < -0.3 is 9.52 Å². The molecule has 0 amide bonds. The molecule has 7 heteroatoms.